The van der Waals surface area contributed by atoms with E-state index in [2.05, 4.69) is 0 Å². The predicted octanol–water partition coefficient (Wildman–Crippen LogP) is -0.0150. The largest absolute Gasteiger partial charge is 0 e. The first kappa shape index (κ1) is 52.4. The van der Waals surface area contributed by atoms with Crippen LogP contribution in [0, 0.1) is 0 Å². The van der Waals surface area contributed by atoms with Gasteiger partial charge in [-0.15, -0.1) is 0 Å². The van der Waals surface area contributed by atoms with Crippen LogP contribution in [0.4, 0.5) is 0 Å². The normalized spacial score (nSPS) is 0. The van der Waals surface area contributed by atoms with Crippen molar-refractivity contribution in [2.45, 2.75) is 0 Å². The smallest absolute Gasteiger partial charge is 0 e. The molecule has 0 spiro atoms. The average Bonchev–Trinajstić information content (AvgIpc) is 0. The number of hydrogen-bond acceptors (Lipinski definition) is 0. The fourth-order valence-electron chi connectivity index (χ4n) is 0. The molecule has 0 aromatic rings. The molecule has 0 bridgehead atoms. The molecule has 0 aliphatic heterocycles. The number of rotatable bonds is 0. The monoisotopic (exact) mass is 1150 g/mol. The van der Waals surface area contributed by atoms with Gasteiger partial charge in [-0.1, -0.05) is 0 Å². The summed E-state index contributed by atoms with van der Waals surface area (Å²) in [5.41, 5.74) is 0. The second-order valence-corrected chi connectivity index (χ2v) is 0. The van der Waals surface area contributed by atoms with E-state index in [4.69, 9.17) is 0 Å². The van der Waals surface area contributed by atoms with Crippen LogP contribution < -0.4 is 0 Å². The van der Waals surface area contributed by atoms with Crippen molar-refractivity contribution < 1.29 is 119 Å². The quantitative estimate of drug-likeness (QED) is 0.321. The van der Waals surface area contributed by atoms with Crippen molar-refractivity contribution in [1.82, 2.24) is 0 Å². The molecule has 6 heavy (non-hydrogen) atoms. The van der Waals surface area contributed by atoms with E-state index in [1.54, 1.807) is 0 Å². The summed E-state index contributed by atoms with van der Waals surface area (Å²) < 4.78 is 0. The fraction of sp³-hybridized carbons (Fsp3) is 0. The molecule has 0 unspecified atom stereocenters. The Balaban J connectivity index is 0. The van der Waals surface area contributed by atoms with E-state index in [0.717, 1.165) is 0 Å². The van der Waals surface area contributed by atoms with E-state index in [0.29, 0.717) is 0 Å². The third-order valence-corrected chi connectivity index (χ3v) is 0. The summed E-state index contributed by atoms with van der Waals surface area (Å²) in [6.45, 7) is 0. The minimum absolute atomic E-state index is 0. The van der Waals surface area contributed by atoms with Crippen LogP contribution in [0.2, 0.25) is 0 Å². The summed E-state index contributed by atoms with van der Waals surface area (Å²) in [6.07, 6.45) is 0. The van der Waals surface area contributed by atoms with Crippen LogP contribution in [0.5, 0.6) is 0 Å². The van der Waals surface area contributed by atoms with E-state index < -0.39 is 0 Å². The van der Waals surface area contributed by atoms with Gasteiger partial charge in [0.25, 0.3) is 0 Å². The molecule has 0 fully saturated rings. The zero-order valence-electron chi connectivity index (χ0n) is 2.12. The van der Waals surface area contributed by atoms with Crippen LogP contribution in [-0.4, -0.2) is 0 Å². The van der Waals surface area contributed by atoms with E-state index in [9.17, 15) is 0 Å². The molecule has 0 aromatic carbocycles. The summed E-state index contributed by atoms with van der Waals surface area (Å²) >= 11 is 0. The molecule has 0 radical (unpaired) electrons. The third kappa shape index (κ3) is 24.9. The summed E-state index contributed by atoms with van der Waals surface area (Å²) in [5.74, 6) is 0. The van der Waals surface area contributed by atoms with E-state index in [-0.39, 0.29) is 119 Å². The first-order chi connectivity index (χ1) is 0. The van der Waals surface area contributed by atoms with Gasteiger partial charge < -0.3 is 0 Å². The summed E-state index contributed by atoms with van der Waals surface area (Å²) in [5, 5.41) is 0. The van der Waals surface area contributed by atoms with Gasteiger partial charge in [0, 0.05) is 119 Å². The van der Waals surface area contributed by atoms with Crippen LogP contribution in [0.25, 0.3) is 0 Å². The second kappa shape index (κ2) is 37.0. The molecule has 0 nitrogen and oxygen atoms in total. The molecular weight excluding hydrogens is 1140 g/mol. The zero-order valence-corrected chi connectivity index (χ0v) is 17.4. The van der Waals surface area contributed by atoms with Gasteiger partial charge in [-0.25, -0.2) is 0 Å². The Kier molecular flexibility index (Phi) is 323. The molecule has 0 saturated carbocycles. The van der Waals surface area contributed by atoms with Crippen molar-refractivity contribution in [2.24, 2.45) is 0 Å². The van der Waals surface area contributed by atoms with Gasteiger partial charge in [-0.05, 0) is 0 Å². The molecule has 0 aromatic heterocycles. The molecule has 6 heteroatoms. The van der Waals surface area contributed by atoms with Crippen molar-refractivity contribution in [2.75, 3.05) is 0 Å². The van der Waals surface area contributed by atoms with Gasteiger partial charge in [0.05, 0.1) is 0 Å². The molecule has 0 heterocycles. The molecule has 0 aliphatic carbocycles. The molecule has 0 rings (SSSR count). The van der Waals surface area contributed by atoms with Gasteiger partial charge in [0.15, 0.2) is 0 Å². The molecule has 0 N–H and O–H groups in total. The first-order valence-electron chi connectivity index (χ1n) is 0. The maximum absolute atomic E-state index is 0. The van der Waals surface area contributed by atoms with Gasteiger partial charge in [-0.2, -0.15) is 0 Å². The average molecular weight is 1140 g/mol. The molecule has 0 aliphatic rings. The Morgan fingerprint density at radius 1 is 0.167 bits per heavy atom. The van der Waals surface area contributed by atoms with E-state index in [1.807, 2.05) is 0 Å². The SMILES string of the molecule is [Os].[Os].[Os].[Os].[Os].[Os]. The van der Waals surface area contributed by atoms with Crippen molar-refractivity contribution in [3.63, 3.8) is 0 Å². The Labute approximate surface area is 116 Å². The Hall–Kier alpha value is 3.82. The van der Waals surface area contributed by atoms with E-state index >= 15 is 0 Å². The fourth-order valence-corrected chi connectivity index (χ4v) is 0. The minimum Gasteiger partial charge on any atom is 0 e. The van der Waals surface area contributed by atoms with Crippen molar-refractivity contribution in [1.29, 1.82) is 0 Å². The topological polar surface area (TPSA) is 0 Å². The van der Waals surface area contributed by atoms with Gasteiger partial charge >= 0.3 is 0 Å². The van der Waals surface area contributed by atoms with Crippen LogP contribution >= 0.6 is 0 Å². The molecular formula is Os6. The second-order valence-electron chi connectivity index (χ2n) is 0. The molecule has 0 atom stereocenters. The Morgan fingerprint density at radius 2 is 0.167 bits per heavy atom. The minimum atomic E-state index is 0. The Morgan fingerprint density at radius 3 is 0.167 bits per heavy atom. The van der Waals surface area contributed by atoms with Crippen LogP contribution in [0.15, 0.2) is 0 Å². The summed E-state index contributed by atoms with van der Waals surface area (Å²) in [7, 11) is 0. The van der Waals surface area contributed by atoms with Crippen LogP contribution in [0.3, 0.4) is 0 Å². The van der Waals surface area contributed by atoms with Crippen LogP contribution in [-0.2, 0) is 119 Å². The van der Waals surface area contributed by atoms with Crippen molar-refractivity contribution in [3.8, 4) is 0 Å². The molecule has 0 amide bonds. The molecule has 48 valence electrons. The van der Waals surface area contributed by atoms with Crippen LogP contribution in [0.1, 0.15) is 0 Å². The maximum atomic E-state index is 0. The van der Waals surface area contributed by atoms with Gasteiger partial charge in [-0.3, -0.25) is 0 Å². The summed E-state index contributed by atoms with van der Waals surface area (Å²) in [6, 6.07) is 0. The standard InChI is InChI=1S/6Os. The zero-order chi connectivity index (χ0) is 0. The number of hydrogen-bond donors (Lipinski definition) is 0. The van der Waals surface area contributed by atoms with E-state index in [1.165, 1.54) is 0 Å². The third-order valence-electron chi connectivity index (χ3n) is 0. The van der Waals surface area contributed by atoms with Gasteiger partial charge in [0.2, 0.25) is 0 Å². The maximum Gasteiger partial charge on any atom is 0 e. The molecule has 0 saturated heterocycles. The predicted molar refractivity (Wildman–Crippen MR) is 0 cm³/mol. The van der Waals surface area contributed by atoms with Gasteiger partial charge in [0.1, 0.15) is 0 Å². The Bertz CT molecular complexity index is 0. The van der Waals surface area contributed by atoms with Crippen molar-refractivity contribution in [3.05, 3.63) is 0 Å². The van der Waals surface area contributed by atoms with Crippen molar-refractivity contribution >= 4 is 0 Å². The summed E-state index contributed by atoms with van der Waals surface area (Å²) in [4.78, 5) is 0. The first-order valence-corrected chi connectivity index (χ1v) is 0.